The van der Waals surface area contributed by atoms with E-state index in [0.717, 1.165) is 24.1 Å². The van der Waals surface area contributed by atoms with Crippen molar-refractivity contribution >= 4 is 11.8 Å². The summed E-state index contributed by atoms with van der Waals surface area (Å²) < 4.78 is 7.28. The summed E-state index contributed by atoms with van der Waals surface area (Å²) in [4.78, 5) is 27.9. The Bertz CT molecular complexity index is 596. The molecule has 2 amide bonds. The maximum atomic E-state index is 12.8. The maximum absolute atomic E-state index is 12.8. The minimum atomic E-state index is -0.0484. The predicted molar refractivity (Wildman–Crippen MR) is 79.3 cm³/mol. The third-order valence-electron chi connectivity index (χ3n) is 4.44. The molecular weight excluding hydrogens is 284 g/mol. The number of carbonyl (C=O) groups is 2. The van der Waals surface area contributed by atoms with Crippen molar-refractivity contribution in [2.75, 3.05) is 32.8 Å². The lowest BCUT2D eigenvalue weighted by molar-refractivity contribution is -0.128. The van der Waals surface area contributed by atoms with E-state index in [-0.39, 0.29) is 11.8 Å². The van der Waals surface area contributed by atoms with E-state index in [9.17, 15) is 9.59 Å². The molecule has 3 heterocycles. The molecule has 1 aromatic heterocycles. The second-order valence-corrected chi connectivity index (χ2v) is 5.85. The van der Waals surface area contributed by atoms with Crippen molar-refractivity contribution in [3.8, 4) is 0 Å². The SMILES string of the molecule is CC(=O)N1CCCN(C(=O)c2nn(C)c3c2COCC3)CC1. The Morgan fingerprint density at radius 2 is 1.86 bits per heavy atom. The number of carbonyl (C=O) groups excluding carboxylic acids is 2. The van der Waals surface area contributed by atoms with Crippen LogP contribution in [0.4, 0.5) is 0 Å². The number of rotatable bonds is 1. The van der Waals surface area contributed by atoms with Crippen molar-refractivity contribution in [3.63, 3.8) is 0 Å². The quantitative estimate of drug-likeness (QED) is 0.743. The standard InChI is InChI=1S/C15H22N4O3/c1-11(20)18-5-3-6-19(8-7-18)15(21)14-12-10-22-9-4-13(12)17(2)16-14/h3-10H2,1-2H3. The van der Waals surface area contributed by atoms with Crippen molar-refractivity contribution in [2.24, 2.45) is 7.05 Å². The van der Waals surface area contributed by atoms with Gasteiger partial charge in [0.2, 0.25) is 5.91 Å². The van der Waals surface area contributed by atoms with Crippen LogP contribution in [0.2, 0.25) is 0 Å². The fraction of sp³-hybridized carbons (Fsp3) is 0.667. The van der Waals surface area contributed by atoms with Gasteiger partial charge in [-0.1, -0.05) is 0 Å². The number of aryl methyl sites for hydroxylation is 1. The second kappa shape index (κ2) is 6.08. The highest BCUT2D eigenvalue weighted by molar-refractivity contribution is 5.94. The summed E-state index contributed by atoms with van der Waals surface area (Å²) in [6, 6.07) is 0. The molecule has 7 nitrogen and oxygen atoms in total. The van der Waals surface area contributed by atoms with Gasteiger partial charge in [-0.3, -0.25) is 14.3 Å². The molecular formula is C15H22N4O3. The third kappa shape index (κ3) is 2.72. The average Bonchev–Trinajstić information content (AvgIpc) is 2.71. The van der Waals surface area contributed by atoms with E-state index in [1.165, 1.54) is 0 Å². The minimum absolute atomic E-state index is 0.0484. The molecule has 2 aliphatic rings. The molecule has 1 fully saturated rings. The number of hydrogen-bond donors (Lipinski definition) is 0. The number of nitrogens with zero attached hydrogens (tertiary/aromatic N) is 4. The number of hydrogen-bond acceptors (Lipinski definition) is 4. The summed E-state index contributed by atoms with van der Waals surface area (Å²) in [5.41, 5.74) is 2.52. The highest BCUT2D eigenvalue weighted by atomic mass is 16.5. The Morgan fingerprint density at radius 3 is 2.64 bits per heavy atom. The van der Waals surface area contributed by atoms with Crippen LogP contribution in [-0.2, 0) is 29.6 Å². The van der Waals surface area contributed by atoms with Gasteiger partial charge in [0.15, 0.2) is 5.69 Å². The molecule has 0 atom stereocenters. The fourth-order valence-electron chi connectivity index (χ4n) is 3.17. The first kappa shape index (κ1) is 15.0. The highest BCUT2D eigenvalue weighted by Gasteiger charge is 2.28. The van der Waals surface area contributed by atoms with Crippen LogP contribution < -0.4 is 0 Å². The van der Waals surface area contributed by atoms with Gasteiger partial charge in [-0.15, -0.1) is 0 Å². The minimum Gasteiger partial charge on any atom is -0.376 e. The van der Waals surface area contributed by atoms with Gasteiger partial charge in [0.1, 0.15) is 0 Å². The van der Waals surface area contributed by atoms with Crippen LogP contribution in [0, 0.1) is 0 Å². The van der Waals surface area contributed by atoms with Crippen molar-refractivity contribution in [1.29, 1.82) is 0 Å². The van der Waals surface area contributed by atoms with E-state index >= 15 is 0 Å². The Kier molecular flexibility index (Phi) is 4.15. The van der Waals surface area contributed by atoms with Crippen molar-refractivity contribution in [1.82, 2.24) is 19.6 Å². The molecule has 1 saturated heterocycles. The smallest absolute Gasteiger partial charge is 0.274 e. The van der Waals surface area contributed by atoms with Crippen LogP contribution in [0.15, 0.2) is 0 Å². The third-order valence-corrected chi connectivity index (χ3v) is 4.44. The van der Waals surface area contributed by atoms with Crippen molar-refractivity contribution < 1.29 is 14.3 Å². The first-order chi connectivity index (χ1) is 10.6. The average molecular weight is 306 g/mol. The number of fused-ring (bicyclic) bond motifs is 1. The van der Waals surface area contributed by atoms with E-state index in [2.05, 4.69) is 5.10 Å². The monoisotopic (exact) mass is 306 g/mol. The Balaban J connectivity index is 1.78. The molecule has 1 aromatic rings. The predicted octanol–water partition coefficient (Wildman–Crippen LogP) is 0.187. The molecule has 0 aromatic carbocycles. The molecule has 0 unspecified atom stereocenters. The van der Waals surface area contributed by atoms with E-state index < -0.39 is 0 Å². The van der Waals surface area contributed by atoms with Crippen LogP contribution in [0.5, 0.6) is 0 Å². The van der Waals surface area contributed by atoms with E-state index in [1.54, 1.807) is 21.4 Å². The van der Waals surface area contributed by atoms with Gasteiger partial charge in [-0.2, -0.15) is 5.10 Å². The van der Waals surface area contributed by atoms with Crippen LogP contribution in [0.3, 0.4) is 0 Å². The molecule has 0 radical (unpaired) electrons. The second-order valence-electron chi connectivity index (χ2n) is 5.85. The largest absolute Gasteiger partial charge is 0.376 e. The molecule has 0 bridgehead atoms. The topological polar surface area (TPSA) is 67.7 Å². The van der Waals surface area contributed by atoms with Gasteiger partial charge < -0.3 is 14.5 Å². The maximum Gasteiger partial charge on any atom is 0.274 e. The first-order valence-electron chi connectivity index (χ1n) is 7.75. The molecule has 22 heavy (non-hydrogen) atoms. The summed E-state index contributed by atoms with van der Waals surface area (Å²) >= 11 is 0. The van der Waals surface area contributed by atoms with Gasteiger partial charge in [0.05, 0.1) is 13.2 Å². The lowest BCUT2D eigenvalue weighted by Crippen LogP contribution is -2.37. The lowest BCUT2D eigenvalue weighted by Gasteiger charge is -2.21. The van der Waals surface area contributed by atoms with E-state index in [4.69, 9.17) is 4.74 Å². The van der Waals surface area contributed by atoms with Gasteiger partial charge in [-0.25, -0.2) is 0 Å². The summed E-state index contributed by atoms with van der Waals surface area (Å²) in [6.45, 7) is 5.23. The fourth-order valence-corrected chi connectivity index (χ4v) is 3.17. The first-order valence-corrected chi connectivity index (χ1v) is 7.75. The molecule has 120 valence electrons. The molecule has 3 rings (SSSR count). The van der Waals surface area contributed by atoms with Crippen LogP contribution in [0.1, 0.15) is 35.1 Å². The summed E-state index contributed by atoms with van der Waals surface area (Å²) in [7, 11) is 1.88. The van der Waals surface area contributed by atoms with E-state index in [0.29, 0.717) is 45.1 Å². The lowest BCUT2D eigenvalue weighted by atomic mass is 10.1. The summed E-state index contributed by atoms with van der Waals surface area (Å²) in [5, 5.41) is 4.42. The Hall–Kier alpha value is -1.89. The number of ether oxygens (including phenoxy) is 1. The summed E-state index contributed by atoms with van der Waals surface area (Å²) in [5.74, 6) is 0.0191. The zero-order valence-corrected chi connectivity index (χ0v) is 13.2. The molecule has 2 aliphatic heterocycles. The van der Waals surface area contributed by atoms with Gasteiger partial charge in [-0.05, 0) is 6.42 Å². The van der Waals surface area contributed by atoms with Crippen LogP contribution >= 0.6 is 0 Å². The van der Waals surface area contributed by atoms with Gasteiger partial charge >= 0.3 is 0 Å². The van der Waals surface area contributed by atoms with E-state index in [1.807, 2.05) is 7.05 Å². The zero-order valence-electron chi connectivity index (χ0n) is 13.2. The number of aromatic nitrogens is 2. The molecule has 0 aliphatic carbocycles. The molecule has 7 heteroatoms. The molecule has 0 spiro atoms. The normalized spacial score (nSPS) is 18.8. The molecule has 0 N–H and O–H groups in total. The Morgan fingerprint density at radius 1 is 1.14 bits per heavy atom. The van der Waals surface area contributed by atoms with Crippen molar-refractivity contribution in [3.05, 3.63) is 17.0 Å². The zero-order chi connectivity index (χ0) is 15.7. The van der Waals surface area contributed by atoms with Gasteiger partial charge in [0.25, 0.3) is 5.91 Å². The molecule has 0 saturated carbocycles. The van der Waals surface area contributed by atoms with Crippen LogP contribution in [0.25, 0.3) is 0 Å². The van der Waals surface area contributed by atoms with Crippen molar-refractivity contribution in [2.45, 2.75) is 26.4 Å². The van der Waals surface area contributed by atoms with Crippen LogP contribution in [-0.4, -0.2) is 64.2 Å². The Labute approximate surface area is 129 Å². The highest BCUT2D eigenvalue weighted by Crippen LogP contribution is 2.21. The summed E-state index contributed by atoms with van der Waals surface area (Å²) in [6.07, 6.45) is 1.60. The number of amides is 2. The van der Waals surface area contributed by atoms with Gasteiger partial charge in [0, 0.05) is 57.8 Å².